The Labute approximate surface area is 126 Å². The molecular formula is C13H11BrN2O3S. The van der Waals surface area contributed by atoms with Crippen LogP contribution in [0.2, 0.25) is 0 Å². The highest BCUT2D eigenvalue weighted by Gasteiger charge is 2.12. The number of nitrogen functional groups attached to an aromatic ring is 1. The van der Waals surface area contributed by atoms with E-state index in [1.54, 1.807) is 30.3 Å². The molecule has 104 valence electrons. The normalized spacial score (nSPS) is 12.1. The Bertz CT molecular complexity index is 674. The lowest BCUT2D eigenvalue weighted by Gasteiger charge is -2.05. The SMILES string of the molecule is Nc1ccc(S(=O)Cc2ccc([N+](=O)[O-])cc2Br)cc1. The summed E-state index contributed by atoms with van der Waals surface area (Å²) in [6.45, 7) is 0. The molecule has 0 aliphatic heterocycles. The first-order chi connectivity index (χ1) is 9.47. The molecule has 2 N–H and O–H groups in total. The summed E-state index contributed by atoms with van der Waals surface area (Å²) in [4.78, 5) is 10.9. The molecule has 1 atom stereocenters. The van der Waals surface area contributed by atoms with E-state index in [0.717, 1.165) is 5.56 Å². The van der Waals surface area contributed by atoms with Gasteiger partial charge in [0.2, 0.25) is 0 Å². The van der Waals surface area contributed by atoms with Gasteiger partial charge in [0.15, 0.2) is 0 Å². The Balaban J connectivity index is 2.19. The van der Waals surface area contributed by atoms with Crippen molar-refractivity contribution in [2.24, 2.45) is 0 Å². The average molecular weight is 355 g/mol. The number of nitrogens with two attached hydrogens (primary N) is 1. The molecule has 2 aromatic carbocycles. The molecule has 2 aromatic rings. The molecule has 1 unspecified atom stereocenters. The summed E-state index contributed by atoms with van der Waals surface area (Å²) in [5.74, 6) is 0.280. The van der Waals surface area contributed by atoms with Crippen molar-refractivity contribution < 1.29 is 9.13 Å². The first kappa shape index (κ1) is 14.7. The van der Waals surface area contributed by atoms with Gasteiger partial charge in [-0.05, 0) is 29.8 Å². The van der Waals surface area contributed by atoms with Crippen LogP contribution in [0.3, 0.4) is 0 Å². The van der Waals surface area contributed by atoms with Gasteiger partial charge in [0.1, 0.15) is 0 Å². The third-order valence-electron chi connectivity index (χ3n) is 2.68. The molecule has 0 saturated heterocycles. The van der Waals surface area contributed by atoms with Crippen molar-refractivity contribution in [2.75, 3.05) is 5.73 Å². The molecule has 2 rings (SSSR count). The minimum absolute atomic E-state index is 0.00103. The van der Waals surface area contributed by atoms with Crippen LogP contribution >= 0.6 is 15.9 Å². The largest absolute Gasteiger partial charge is 0.399 e. The molecule has 5 nitrogen and oxygen atoms in total. The van der Waals surface area contributed by atoms with Crippen LogP contribution in [0.1, 0.15) is 5.56 Å². The predicted octanol–water partition coefficient (Wildman–Crippen LogP) is 3.25. The van der Waals surface area contributed by atoms with Gasteiger partial charge in [0.05, 0.1) is 21.5 Å². The van der Waals surface area contributed by atoms with Crippen LogP contribution < -0.4 is 5.73 Å². The number of benzene rings is 2. The number of nitrogens with zero attached hydrogens (tertiary/aromatic N) is 1. The summed E-state index contributed by atoms with van der Waals surface area (Å²) < 4.78 is 12.8. The van der Waals surface area contributed by atoms with Gasteiger partial charge in [-0.15, -0.1) is 0 Å². The molecule has 7 heteroatoms. The van der Waals surface area contributed by atoms with Crippen molar-refractivity contribution in [1.82, 2.24) is 0 Å². The summed E-state index contributed by atoms with van der Waals surface area (Å²) in [7, 11) is -1.23. The van der Waals surface area contributed by atoms with E-state index in [1.807, 2.05) is 0 Å². The number of halogens is 1. The summed E-state index contributed by atoms with van der Waals surface area (Å²) in [6.07, 6.45) is 0. The molecule has 0 aliphatic rings. The highest BCUT2D eigenvalue weighted by molar-refractivity contribution is 9.10. The number of rotatable bonds is 4. The number of hydrogen-bond acceptors (Lipinski definition) is 4. The first-order valence-electron chi connectivity index (χ1n) is 5.64. The molecule has 0 heterocycles. The van der Waals surface area contributed by atoms with Crippen LogP contribution in [0.5, 0.6) is 0 Å². The van der Waals surface area contributed by atoms with Crippen LogP contribution in [0, 0.1) is 10.1 Å². The van der Waals surface area contributed by atoms with Crippen molar-refractivity contribution in [2.45, 2.75) is 10.6 Å². The molecule has 0 amide bonds. The molecule has 0 bridgehead atoms. The maximum absolute atomic E-state index is 12.2. The van der Waals surface area contributed by atoms with Gasteiger partial charge in [0, 0.05) is 27.2 Å². The van der Waals surface area contributed by atoms with E-state index in [4.69, 9.17) is 5.73 Å². The zero-order valence-corrected chi connectivity index (χ0v) is 12.7. The third kappa shape index (κ3) is 3.43. The molecule has 0 radical (unpaired) electrons. The second-order valence-corrected chi connectivity index (χ2v) is 6.40. The fourth-order valence-electron chi connectivity index (χ4n) is 1.61. The van der Waals surface area contributed by atoms with Crippen molar-refractivity contribution in [3.05, 3.63) is 62.6 Å². The van der Waals surface area contributed by atoms with Crippen molar-refractivity contribution in [1.29, 1.82) is 0 Å². The van der Waals surface area contributed by atoms with Crippen LogP contribution in [-0.2, 0) is 16.6 Å². The van der Waals surface area contributed by atoms with E-state index >= 15 is 0 Å². The molecule has 0 aromatic heterocycles. The molecule has 0 saturated carbocycles. The standard InChI is InChI=1S/C13H11BrN2O3S/c14-13-7-11(16(17)18)4-1-9(13)8-20(19)12-5-2-10(15)3-6-12/h1-7H,8,15H2. The zero-order valence-electron chi connectivity index (χ0n) is 10.3. The van der Waals surface area contributed by atoms with Gasteiger partial charge in [0.25, 0.3) is 5.69 Å². The second-order valence-electron chi connectivity index (χ2n) is 4.09. The van der Waals surface area contributed by atoms with E-state index in [0.29, 0.717) is 15.1 Å². The van der Waals surface area contributed by atoms with E-state index < -0.39 is 15.7 Å². The van der Waals surface area contributed by atoms with Crippen LogP contribution in [0.15, 0.2) is 51.8 Å². The van der Waals surface area contributed by atoms with Gasteiger partial charge in [-0.1, -0.05) is 22.0 Å². The van der Waals surface area contributed by atoms with Crippen molar-refractivity contribution in [3.63, 3.8) is 0 Å². The number of hydrogen-bond donors (Lipinski definition) is 1. The number of nitro benzene ring substituents is 1. The van der Waals surface area contributed by atoms with Gasteiger partial charge < -0.3 is 5.73 Å². The second kappa shape index (κ2) is 6.15. The molecule has 0 aliphatic carbocycles. The number of anilines is 1. The van der Waals surface area contributed by atoms with E-state index in [2.05, 4.69) is 15.9 Å². The van der Waals surface area contributed by atoms with Crippen molar-refractivity contribution >= 4 is 38.1 Å². The highest BCUT2D eigenvalue weighted by Crippen LogP contribution is 2.25. The summed E-state index contributed by atoms with van der Waals surface area (Å²) in [6, 6.07) is 11.2. The lowest BCUT2D eigenvalue weighted by molar-refractivity contribution is -0.384. The fraction of sp³-hybridized carbons (Fsp3) is 0.0769. The Morgan fingerprint density at radius 3 is 2.40 bits per heavy atom. The van der Waals surface area contributed by atoms with Crippen LogP contribution in [-0.4, -0.2) is 9.13 Å². The monoisotopic (exact) mass is 354 g/mol. The Kier molecular flexibility index (Phi) is 4.51. The lowest BCUT2D eigenvalue weighted by Crippen LogP contribution is -1.98. The number of non-ortho nitro benzene ring substituents is 1. The number of nitro groups is 1. The minimum Gasteiger partial charge on any atom is -0.399 e. The van der Waals surface area contributed by atoms with Crippen LogP contribution in [0.25, 0.3) is 0 Å². The van der Waals surface area contributed by atoms with Gasteiger partial charge in [-0.3, -0.25) is 14.3 Å². The molecule has 0 spiro atoms. The van der Waals surface area contributed by atoms with Gasteiger partial charge >= 0.3 is 0 Å². The third-order valence-corrected chi connectivity index (χ3v) is 4.79. The zero-order chi connectivity index (χ0) is 14.7. The molecule has 20 heavy (non-hydrogen) atoms. The minimum atomic E-state index is -1.23. The van der Waals surface area contributed by atoms with E-state index in [1.165, 1.54) is 12.1 Å². The first-order valence-corrected chi connectivity index (χ1v) is 7.75. The van der Waals surface area contributed by atoms with E-state index in [9.17, 15) is 14.3 Å². The fourth-order valence-corrected chi connectivity index (χ4v) is 3.44. The van der Waals surface area contributed by atoms with E-state index in [-0.39, 0.29) is 11.4 Å². The average Bonchev–Trinajstić information content (AvgIpc) is 2.41. The van der Waals surface area contributed by atoms with Crippen molar-refractivity contribution in [3.8, 4) is 0 Å². The molecule has 0 fully saturated rings. The van der Waals surface area contributed by atoms with Gasteiger partial charge in [-0.25, -0.2) is 0 Å². The summed E-state index contributed by atoms with van der Waals surface area (Å²) in [5, 5.41) is 10.7. The maximum atomic E-state index is 12.2. The smallest absolute Gasteiger partial charge is 0.270 e. The van der Waals surface area contributed by atoms with Gasteiger partial charge in [-0.2, -0.15) is 0 Å². The Morgan fingerprint density at radius 1 is 1.20 bits per heavy atom. The van der Waals surface area contributed by atoms with Crippen LogP contribution in [0.4, 0.5) is 11.4 Å². The quantitative estimate of drug-likeness (QED) is 0.518. The summed E-state index contributed by atoms with van der Waals surface area (Å²) in [5.41, 5.74) is 6.95. The molecular weight excluding hydrogens is 344 g/mol. The highest BCUT2D eigenvalue weighted by atomic mass is 79.9. The Hall–Kier alpha value is -1.73. The maximum Gasteiger partial charge on any atom is 0.270 e. The Morgan fingerprint density at radius 2 is 1.85 bits per heavy atom. The predicted molar refractivity (Wildman–Crippen MR) is 81.8 cm³/mol. The summed E-state index contributed by atoms with van der Waals surface area (Å²) >= 11 is 3.27. The topological polar surface area (TPSA) is 86.2 Å². The lowest BCUT2D eigenvalue weighted by atomic mass is 10.2.